The minimum Gasteiger partial charge on any atom is -1.00 e. The molecule has 13 heavy (non-hydrogen) atoms. The van der Waals surface area contributed by atoms with Gasteiger partial charge in [-0.1, -0.05) is 13.5 Å². The summed E-state index contributed by atoms with van der Waals surface area (Å²) >= 11 is 0. The Balaban J connectivity index is -0.000000150. The summed E-state index contributed by atoms with van der Waals surface area (Å²) < 4.78 is 1.09. The molecule has 0 unspecified atom stereocenters. The molecule has 0 aliphatic carbocycles. The highest BCUT2D eigenvalue weighted by Crippen LogP contribution is 1.90. The Morgan fingerprint density at radius 2 is 1.77 bits per heavy atom. The average molecular weight is 192 g/mol. The van der Waals surface area contributed by atoms with Crippen molar-refractivity contribution in [3.8, 4) is 0 Å². The average Bonchev–Trinajstić information content (AvgIpc) is 1.86. The van der Waals surface area contributed by atoms with Gasteiger partial charge >= 0.3 is 0 Å². The lowest BCUT2D eigenvalue weighted by molar-refractivity contribution is -0.870. The third-order valence-electron chi connectivity index (χ3n) is 1.10. The Morgan fingerprint density at radius 1 is 1.46 bits per heavy atom. The van der Waals surface area contributed by atoms with Crippen LogP contribution in [0.15, 0.2) is 12.7 Å². The molecule has 1 amide bonds. The molecule has 0 saturated carbocycles. The van der Waals surface area contributed by atoms with E-state index in [0.29, 0.717) is 0 Å². The van der Waals surface area contributed by atoms with Gasteiger partial charge in [0.1, 0.15) is 0 Å². The fraction of sp³-hybridized carbons (Fsp3) is 0.667. The predicted molar refractivity (Wildman–Crippen MR) is 52.6 cm³/mol. The van der Waals surface area contributed by atoms with Gasteiger partial charge in [-0.05, 0) is 12.5 Å². The van der Waals surface area contributed by atoms with Crippen LogP contribution < -0.4 is 10.4 Å². The highest BCUT2D eigenvalue weighted by atomic mass is 19.0. The zero-order valence-corrected chi connectivity index (χ0v) is 9.01. The molecule has 0 aliphatic heterocycles. The minimum absolute atomic E-state index is 0. The largest absolute Gasteiger partial charge is 1.00 e. The summed E-state index contributed by atoms with van der Waals surface area (Å²) in [6, 6.07) is 0. The van der Waals surface area contributed by atoms with Gasteiger partial charge < -0.3 is 14.9 Å². The fourth-order valence-corrected chi connectivity index (χ4v) is 0.671. The maximum atomic E-state index is 9.47. The molecule has 0 aliphatic rings. The van der Waals surface area contributed by atoms with Crippen LogP contribution in [0, 0.1) is 0 Å². The highest BCUT2D eigenvalue weighted by molar-refractivity contribution is 5.84. The maximum absolute atomic E-state index is 9.47. The number of rotatable bonds is 3. The van der Waals surface area contributed by atoms with Crippen LogP contribution in [0.3, 0.4) is 0 Å². The van der Waals surface area contributed by atoms with Crippen molar-refractivity contribution >= 4 is 5.91 Å². The van der Waals surface area contributed by atoms with E-state index in [1.807, 2.05) is 0 Å². The molecular formula is C9H21FN2O. The van der Waals surface area contributed by atoms with Gasteiger partial charge in [0, 0.05) is 0 Å². The number of nitrogens with two attached hydrogens (primary N) is 1. The lowest BCUT2D eigenvalue weighted by Crippen LogP contribution is -3.00. The number of primary amides is 1. The molecule has 3 nitrogen and oxygen atoms in total. The van der Waals surface area contributed by atoms with Crippen molar-refractivity contribution in [1.29, 1.82) is 0 Å². The van der Waals surface area contributed by atoms with E-state index in [1.54, 1.807) is 0 Å². The van der Waals surface area contributed by atoms with E-state index in [0.717, 1.165) is 10.6 Å². The van der Waals surface area contributed by atoms with Crippen LogP contribution in [-0.2, 0) is 4.79 Å². The van der Waals surface area contributed by atoms with Gasteiger partial charge in [0.2, 0.25) is 5.91 Å². The summed E-state index contributed by atoms with van der Waals surface area (Å²) in [6.07, 6.45) is 2.34. The van der Waals surface area contributed by atoms with Crippen molar-refractivity contribution in [2.45, 2.75) is 13.3 Å². The van der Waals surface area contributed by atoms with Crippen molar-refractivity contribution in [2.24, 2.45) is 5.73 Å². The number of carbonyl (C=O) groups is 1. The zero-order valence-electron chi connectivity index (χ0n) is 9.01. The van der Waals surface area contributed by atoms with Gasteiger partial charge in [0.15, 0.2) is 0 Å². The fourth-order valence-electron chi connectivity index (χ4n) is 0.671. The monoisotopic (exact) mass is 192 g/mol. The molecule has 0 spiro atoms. The van der Waals surface area contributed by atoms with Crippen molar-refractivity contribution in [1.82, 2.24) is 0 Å². The van der Waals surface area contributed by atoms with E-state index in [9.17, 15) is 4.79 Å². The van der Waals surface area contributed by atoms with E-state index >= 15 is 0 Å². The van der Waals surface area contributed by atoms with Gasteiger partial charge in [-0.3, -0.25) is 4.79 Å². The predicted octanol–water partition coefficient (Wildman–Crippen LogP) is -2.24. The summed E-state index contributed by atoms with van der Waals surface area (Å²) in [5.41, 5.74) is 4.53. The van der Waals surface area contributed by atoms with E-state index in [2.05, 4.69) is 40.4 Å². The third-order valence-corrected chi connectivity index (χ3v) is 1.10. The topological polar surface area (TPSA) is 43.1 Å². The maximum Gasteiger partial charge on any atom is 0.240 e. The molecule has 0 heterocycles. The molecule has 0 radical (unpaired) electrons. The Labute approximate surface area is 80.2 Å². The first-order chi connectivity index (χ1) is 5.33. The molecule has 0 aromatic carbocycles. The van der Waals surface area contributed by atoms with E-state index in [-0.39, 0.29) is 4.70 Å². The number of carbonyl (C=O) groups excluding carboxylic acids is 1. The van der Waals surface area contributed by atoms with Gasteiger partial charge in [0.25, 0.3) is 0 Å². The normalized spacial score (nSPS) is 8.92. The summed E-state index contributed by atoms with van der Waals surface area (Å²) in [5, 5.41) is 0. The Hall–Kier alpha value is -0.900. The molecule has 0 aromatic rings. The summed E-state index contributed by atoms with van der Waals surface area (Å²) in [5.74, 6) is -0.481. The SMILES string of the molecule is C=CC(N)=O.CCC[N+](C)(C)C.[F-]. The van der Waals surface area contributed by atoms with Crippen LogP contribution in [0.2, 0.25) is 0 Å². The molecule has 80 valence electrons. The van der Waals surface area contributed by atoms with Crippen LogP contribution in [0.1, 0.15) is 13.3 Å². The quantitative estimate of drug-likeness (QED) is 0.399. The molecule has 0 fully saturated rings. The zero-order chi connectivity index (χ0) is 10.2. The van der Waals surface area contributed by atoms with Crippen LogP contribution in [0.25, 0.3) is 0 Å². The first-order valence-corrected chi connectivity index (χ1v) is 4.05. The Morgan fingerprint density at radius 3 is 1.77 bits per heavy atom. The number of hydrogen-bond acceptors (Lipinski definition) is 1. The van der Waals surface area contributed by atoms with Gasteiger partial charge in [-0.25, -0.2) is 0 Å². The molecular weight excluding hydrogens is 171 g/mol. The van der Waals surface area contributed by atoms with Crippen LogP contribution in [0.5, 0.6) is 0 Å². The first-order valence-electron chi connectivity index (χ1n) is 4.05. The van der Waals surface area contributed by atoms with Gasteiger partial charge in [0.05, 0.1) is 27.7 Å². The lowest BCUT2D eigenvalue weighted by Gasteiger charge is -2.22. The Kier molecular flexibility index (Phi) is 12.7. The van der Waals surface area contributed by atoms with Crippen molar-refractivity contribution in [3.63, 3.8) is 0 Å². The number of amides is 1. The molecule has 4 heteroatoms. The van der Waals surface area contributed by atoms with E-state index in [4.69, 9.17) is 0 Å². The van der Waals surface area contributed by atoms with E-state index < -0.39 is 5.91 Å². The van der Waals surface area contributed by atoms with E-state index in [1.165, 1.54) is 13.0 Å². The standard InChI is InChI=1S/C6H16N.C3H5NO.FH/c1-5-6-7(2,3)4;1-2-3(4)5;/h5-6H2,1-4H3;2H,1H2,(H2,4,5);1H/q+1;;/p-1. The van der Waals surface area contributed by atoms with Crippen LogP contribution in [0.4, 0.5) is 0 Å². The smallest absolute Gasteiger partial charge is 0.240 e. The van der Waals surface area contributed by atoms with Crippen LogP contribution in [-0.4, -0.2) is 38.1 Å². The summed E-state index contributed by atoms with van der Waals surface area (Å²) in [7, 11) is 6.64. The number of hydrogen-bond donors (Lipinski definition) is 1. The Bertz CT molecular complexity index is 141. The van der Waals surface area contributed by atoms with Crippen molar-refractivity contribution in [2.75, 3.05) is 27.7 Å². The molecule has 0 rings (SSSR count). The third kappa shape index (κ3) is 35.3. The van der Waals surface area contributed by atoms with Gasteiger partial charge in [-0.2, -0.15) is 0 Å². The van der Waals surface area contributed by atoms with Crippen molar-refractivity contribution in [3.05, 3.63) is 12.7 Å². The second kappa shape index (κ2) is 9.19. The van der Waals surface area contributed by atoms with Crippen LogP contribution >= 0.6 is 0 Å². The second-order valence-electron chi connectivity index (χ2n) is 3.62. The van der Waals surface area contributed by atoms with Crippen molar-refractivity contribution < 1.29 is 14.0 Å². The van der Waals surface area contributed by atoms with Gasteiger partial charge in [-0.15, -0.1) is 0 Å². The summed E-state index contributed by atoms with van der Waals surface area (Å²) in [4.78, 5) is 9.47. The minimum atomic E-state index is -0.481. The second-order valence-corrected chi connectivity index (χ2v) is 3.62. The number of quaternary nitrogens is 1. The number of nitrogens with zero attached hydrogens (tertiary/aromatic N) is 1. The number of halogens is 1. The lowest BCUT2D eigenvalue weighted by atomic mass is 10.4. The highest BCUT2D eigenvalue weighted by Gasteiger charge is 2.01. The molecule has 0 bridgehead atoms. The molecule has 0 atom stereocenters. The molecule has 2 N–H and O–H groups in total. The summed E-state index contributed by atoms with van der Waals surface area (Å²) in [6.45, 7) is 6.58. The first kappa shape index (κ1) is 18.0. The molecule has 0 aromatic heterocycles. The molecule has 0 saturated heterocycles.